The van der Waals surface area contributed by atoms with Crippen LogP contribution in [0.2, 0.25) is 0 Å². The van der Waals surface area contributed by atoms with Crippen LogP contribution in [0.15, 0.2) is 48.4 Å². The van der Waals surface area contributed by atoms with Crippen molar-refractivity contribution in [3.63, 3.8) is 0 Å². The molecule has 0 rings (SSSR count). The highest BCUT2D eigenvalue weighted by Crippen LogP contribution is 1.96. The van der Waals surface area contributed by atoms with Gasteiger partial charge in [-0.15, -0.1) is 0 Å². The third-order valence-corrected chi connectivity index (χ3v) is 1.17. The van der Waals surface area contributed by atoms with Crippen LogP contribution in [0.1, 0.15) is 20.8 Å². The van der Waals surface area contributed by atoms with E-state index in [1.807, 2.05) is 51.2 Å². The van der Waals surface area contributed by atoms with Gasteiger partial charge in [-0.1, -0.05) is 24.8 Å². The molecule has 0 saturated heterocycles. The summed E-state index contributed by atoms with van der Waals surface area (Å²) in [4.78, 5) is 0. The van der Waals surface area contributed by atoms with Gasteiger partial charge >= 0.3 is 0 Å². The molecule has 0 radical (unpaired) electrons. The molecule has 0 aromatic heterocycles. The van der Waals surface area contributed by atoms with Crippen molar-refractivity contribution in [3.05, 3.63) is 48.4 Å². The smallest absolute Gasteiger partial charge is 0.0378 e. The Labute approximate surface area is 75.2 Å². The lowest BCUT2D eigenvalue weighted by atomic mass is 10.3. The van der Waals surface area contributed by atoms with E-state index in [-0.39, 0.29) is 0 Å². The first kappa shape index (κ1) is 10.8. The van der Waals surface area contributed by atoms with E-state index in [1.165, 1.54) is 0 Å². The summed E-state index contributed by atoms with van der Waals surface area (Å²) in [5, 5.41) is 3.14. The molecule has 0 unspecified atom stereocenters. The first-order valence-electron chi connectivity index (χ1n) is 4.09. The van der Waals surface area contributed by atoms with E-state index in [4.69, 9.17) is 0 Å². The molecule has 0 spiro atoms. The molecule has 0 fully saturated rings. The zero-order chi connectivity index (χ0) is 9.40. The average molecular weight is 163 g/mol. The maximum Gasteiger partial charge on any atom is 0.0378 e. The Kier molecular flexibility index (Phi) is 5.80. The monoisotopic (exact) mass is 163 g/mol. The van der Waals surface area contributed by atoms with Gasteiger partial charge < -0.3 is 5.32 Å². The van der Waals surface area contributed by atoms with Crippen molar-refractivity contribution in [3.8, 4) is 0 Å². The minimum atomic E-state index is 0.948. The molecule has 66 valence electrons. The van der Waals surface area contributed by atoms with E-state index in [0.29, 0.717) is 0 Å². The maximum absolute atomic E-state index is 3.78. The van der Waals surface area contributed by atoms with Gasteiger partial charge in [0.15, 0.2) is 0 Å². The first-order chi connectivity index (χ1) is 5.70. The highest BCUT2D eigenvalue weighted by Gasteiger charge is 1.87. The third kappa shape index (κ3) is 5.54. The molecule has 1 heteroatoms. The standard InChI is InChI=1S/C11H17N/c1-5-7-9-11(8-6-2)12-10(3)4/h5-9,12H,3H2,1-2,4H3/b7-5+,8-6-,11-9+. The van der Waals surface area contributed by atoms with Gasteiger partial charge in [-0.3, -0.25) is 0 Å². The Hall–Kier alpha value is -1.24. The molecule has 0 atom stereocenters. The zero-order valence-corrected chi connectivity index (χ0v) is 8.09. The van der Waals surface area contributed by atoms with E-state index in [2.05, 4.69) is 11.9 Å². The summed E-state index contributed by atoms with van der Waals surface area (Å²) in [6.45, 7) is 9.69. The van der Waals surface area contributed by atoms with Crippen molar-refractivity contribution >= 4 is 0 Å². The molecule has 0 aromatic rings. The minimum Gasteiger partial charge on any atom is -0.360 e. The van der Waals surface area contributed by atoms with Gasteiger partial charge in [0.05, 0.1) is 0 Å². The maximum atomic E-state index is 3.78. The Morgan fingerprint density at radius 3 is 2.33 bits per heavy atom. The SMILES string of the molecule is C=C(C)NC(/C=C\C)=C/C=C/C. The lowest BCUT2D eigenvalue weighted by Gasteiger charge is -2.04. The van der Waals surface area contributed by atoms with E-state index < -0.39 is 0 Å². The second kappa shape index (κ2) is 6.47. The van der Waals surface area contributed by atoms with Crippen molar-refractivity contribution in [2.24, 2.45) is 0 Å². The van der Waals surface area contributed by atoms with Crippen molar-refractivity contribution in [1.82, 2.24) is 5.32 Å². The fourth-order valence-electron chi connectivity index (χ4n) is 0.765. The van der Waals surface area contributed by atoms with Gasteiger partial charge in [0.2, 0.25) is 0 Å². The molecule has 0 aliphatic carbocycles. The molecule has 0 aromatic carbocycles. The van der Waals surface area contributed by atoms with Gasteiger partial charge in [-0.2, -0.15) is 0 Å². The van der Waals surface area contributed by atoms with Crippen LogP contribution in [0, 0.1) is 0 Å². The highest BCUT2D eigenvalue weighted by atomic mass is 14.9. The fourth-order valence-corrected chi connectivity index (χ4v) is 0.765. The Bertz CT molecular complexity index is 219. The quantitative estimate of drug-likeness (QED) is 0.628. The summed E-state index contributed by atoms with van der Waals surface area (Å²) in [6.07, 6.45) is 9.99. The number of hydrogen-bond donors (Lipinski definition) is 1. The predicted octanol–water partition coefficient (Wildman–Crippen LogP) is 3.15. The molecule has 0 amide bonds. The summed E-state index contributed by atoms with van der Waals surface area (Å²) in [5.74, 6) is 0. The molecule has 1 nitrogen and oxygen atoms in total. The molecule has 0 saturated carbocycles. The van der Waals surface area contributed by atoms with Crippen LogP contribution in [0.3, 0.4) is 0 Å². The van der Waals surface area contributed by atoms with Gasteiger partial charge in [0.25, 0.3) is 0 Å². The summed E-state index contributed by atoms with van der Waals surface area (Å²) < 4.78 is 0. The molecule has 0 aliphatic rings. The predicted molar refractivity (Wildman–Crippen MR) is 55.7 cm³/mol. The lowest BCUT2D eigenvalue weighted by molar-refractivity contribution is 1.01. The second-order valence-electron chi connectivity index (χ2n) is 2.55. The summed E-state index contributed by atoms with van der Waals surface area (Å²) >= 11 is 0. The van der Waals surface area contributed by atoms with Crippen molar-refractivity contribution in [1.29, 1.82) is 0 Å². The van der Waals surface area contributed by atoms with E-state index in [9.17, 15) is 0 Å². The van der Waals surface area contributed by atoms with Gasteiger partial charge in [0, 0.05) is 11.4 Å². The summed E-state index contributed by atoms with van der Waals surface area (Å²) in [6, 6.07) is 0. The number of allylic oxidation sites excluding steroid dienone is 6. The Balaban J connectivity index is 4.32. The number of hydrogen-bond acceptors (Lipinski definition) is 1. The third-order valence-electron chi connectivity index (χ3n) is 1.17. The van der Waals surface area contributed by atoms with Crippen LogP contribution < -0.4 is 5.32 Å². The second-order valence-corrected chi connectivity index (χ2v) is 2.55. The average Bonchev–Trinajstić information content (AvgIpc) is 2.00. The van der Waals surface area contributed by atoms with Gasteiger partial charge in [0.1, 0.15) is 0 Å². The lowest BCUT2D eigenvalue weighted by Crippen LogP contribution is -2.06. The Morgan fingerprint density at radius 2 is 1.92 bits per heavy atom. The molecule has 0 heterocycles. The Morgan fingerprint density at radius 1 is 1.25 bits per heavy atom. The van der Waals surface area contributed by atoms with Crippen LogP contribution in [-0.4, -0.2) is 0 Å². The first-order valence-corrected chi connectivity index (χ1v) is 4.09. The minimum absolute atomic E-state index is 0.948. The van der Waals surface area contributed by atoms with Crippen molar-refractivity contribution in [2.75, 3.05) is 0 Å². The fraction of sp³-hybridized carbons (Fsp3) is 0.273. The molecule has 12 heavy (non-hydrogen) atoms. The normalized spacial score (nSPS) is 12.8. The molecular weight excluding hydrogens is 146 g/mol. The van der Waals surface area contributed by atoms with Crippen LogP contribution >= 0.6 is 0 Å². The highest BCUT2D eigenvalue weighted by molar-refractivity contribution is 5.24. The largest absolute Gasteiger partial charge is 0.360 e. The van der Waals surface area contributed by atoms with Gasteiger partial charge in [-0.25, -0.2) is 0 Å². The van der Waals surface area contributed by atoms with Crippen LogP contribution in [0.25, 0.3) is 0 Å². The van der Waals surface area contributed by atoms with E-state index in [1.54, 1.807) is 0 Å². The van der Waals surface area contributed by atoms with Crippen molar-refractivity contribution < 1.29 is 0 Å². The molecular formula is C11H17N. The molecule has 0 bridgehead atoms. The topological polar surface area (TPSA) is 12.0 Å². The van der Waals surface area contributed by atoms with Crippen molar-refractivity contribution in [2.45, 2.75) is 20.8 Å². The van der Waals surface area contributed by atoms with E-state index in [0.717, 1.165) is 11.4 Å². The van der Waals surface area contributed by atoms with Crippen LogP contribution in [0.5, 0.6) is 0 Å². The molecule has 1 N–H and O–H groups in total. The molecule has 0 aliphatic heterocycles. The number of nitrogens with one attached hydrogen (secondary N) is 1. The summed E-state index contributed by atoms with van der Waals surface area (Å²) in [7, 11) is 0. The number of rotatable bonds is 4. The van der Waals surface area contributed by atoms with E-state index >= 15 is 0 Å². The van der Waals surface area contributed by atoms with Crippen LogP contribution in [0.4, 0.5) is 0 Å². The summed E-state index contributed by atoms with van der Waals surface area (Å²) in [5.41, 5.74) is 2.01. The van der Waals surface area contributed by atoms with Gasteiger partial charge in [-0.05, 0) is 32.9 Å². The zero-order valence-electron chi connectivity index (χ0n) is 8.09. The van der Waals surface area contributed by atoms with Crippen LogP contribution in [-0.2, 0) is 0 Å².